The third-order valence-electron chi connectivity index (χ3n) is 3.20. The molecule has 0 bridgehead atoms. The Kier molecular flexibility index (Phi) is 2.97. The van der Waals surface area contributed by atoms with Crippen LogP contribution >= 0.6 is 0 Å². The number of rotatable bonds is 2. The Morgan fingerprint density at radius 3 is 2.29 bits per heavy atom. The molecule has 2 aromatic heterocycles. The average Bonchev–Trinajstić information content (AvgIpc) is 2.94. The van der Waals surface area contributed by atoms with Gasteiger partial charge in [-0.25, -0.2) is 8.78 Å². The molecule has 0 aliphatic heterocycles. The minimum atomic E-state index is -0.666. The van der Waals surface area contributed by atoms with E-state index in [1.165, 1.54) is 16.8 Å². The minimum Gasteiger partial charge on any atom is -0.383 e. The van der Waals surface area contributed by atoms with Gasteiger partial charge in [0.2, 0.25) is 0 Å². The number of aromatic nitrogens is 4. The zero-order chi connectivity index (χ0) is 15.1. The Morgan fingerprint density at radius 2 is 1.71 bits per heavy atom. The van der Waals surface area contributed by atoms with E-state index in [0.717, 1.165) is 6.07 Å². The molecule has 0 aliphatic carbocycles. The molecule has 0 radical (unpaired) electrons. The lowest BCUT2D eigenvalue weighted by Crippen LogP contribution is -1.98. The van der Waals surface area contributed by atoms with Gasteiger partial charge in [-0.1, -0.05) is 0 Å². The summed E-state index contributed by atoms with van der Waals surface area (Å²) < 4.78 is 30.0. The maximum absolute atomic E-state index is 13.5. The van der Waals surface area contributed by atoms with Crippen molar-refractivity contribution in [2.45, 2.75) is 0 Å². The first-order valence-electron chi connectivity index (χ1n) is 6.24. The van der Waals surface area contributed by atoms with E-state index < -0.39 is 11.6 Å². The number of hydrogen-bond donors (Lipinski definition) is 1. The normalized spacial score (nSPS) is 11.0. The number of nitrogen functional groups attached to an aromatic ring is 1. The molecule has 3 rings (SSSR count). The summed E-state index contributed by atoms with van der Waals surface area (Å²) in [6.45, 7) is 0. The number of halogens is 2. The fourth-order valence-corrected chi connectivity index (χ4v) is 2.24. The molecule has 0 spiro atoms. The Morgan fingerprint density at radius 1 is 1.05 bits per heavy atom. The van der Waals surface area contributed by atoms with Gasteiger partial charge in [-0.15, -0.1) is 0 Å². The lowest BCUT2D eigenvalue weighted by atomic mass is 10.0. The number of nitrogens with two attached hydrogens (primary N) is 1. The molecule has 7 heteroatoms. The Hall–Kier alpha value is -2.70. The first-order valence-corrected chi connectivity index (χ1v) is 6.24. The summed E-state index contributed by atoms with van der Waals surface area (Å²) in [4.78, 5) is 0. The van der Waals surface area contributed by atoms with Crippen LogP contribution in [0.1, 0.15) is 0 Å². The maximum atomic E-state index is 13.5. The number of nitrogens with zero attached hydrogens (tertiary/aromatic N) is 4. The summed E-state index contributed by atoms with van der Waals surface area (Å²) in [5, 5.41) is 8.56. The van der Waals surface area contributed by atoms with E-state index in [9.17, 15) is 8.78 Å². The van der Waals surface area contributed by atoms with Gasteiger partial charge in [-0.05, 0) is 23.8 Å². The van der Waals surface area contributed by atoms with Crippen LogP contribution in [-0.2, 0) is 14.1 Å². The Balaban J connectivity index is 2.26. The summed E-state index contributed by atoms with van der Waals surface area (Å²) in [7, 11) is 3.44. The quantitative estimate of drug-likeness (QED) is 0.787. The van der Waals surface area contributed by atoms with Crippen molar-refractivity contribution >= 4 is 5.82 Å². The average molecular weight is 289 g/mol. The van der Waals surface area contributed by atoms with Crippen LogP contribution < -0.4 is 5.73 Å². The van der Waals surface area contributed by atoms with Crippen LogP contribution in [0.2, 0.25) is 0 Å². The van der Waals surface area contributed by atoms with Gasteiger partial charge in [0.25, 0.3) is 0 Å². The molecule has 21 heavy (non-hydrogen) atoms. The van der Waals surface area contributed by atoms with Crippen LogP contribution in [0.25, 0.3) is 22.5 Å². The van der Waals surface area contributed by atoms with Crippen molar-refractivity contribution < 1.29 is 8.78 Å². The molecule has 1 aromatic carbocycles. The number of benzene rings is 1. The van der Waals surface area contributed by atoms with Gasteiger partial charge in [0.1, 0.15) is 28.8 Å². The van der Waals surface area contributed by atoms with Crippen LogP contribution in [0.3, 0.4) is 0 Å². The number of hydrogen-bond acceptors (Lipinski definition) is 3. The summed E-state index contributed by atoms with van der Waals surface area (Å²) in [5.41, 5.74) is 7.87. The van der Waals surface area contributed by atoms with Gasteiger partial charge < -0.3 is 5.73 Å². The van der Waals surface area contributed by atoms with Gasteiger partial charge in [-0.2, -0.15) is 10.2 Å². The molecule has 3 aromatic rings. The van der Waals surface area contributed by atoms with E-state index in [4.69, 9.17) is 5.73 Å². The van der Waals surface area contributed by atoms with Crippen LogP contribution in [0, 0.1) is 11.6 Å². The molecule has 0 unspecified atom stereocenters. The highest BCUT2D eigenvalue weighted by Gasteiger charge is 2.20. The predicted octanol–water partition coefficient (Wildman–Crippen LogP) is 2.35. The van der Waals surface area contributed by atoms with E-state index >= 15 is 0 Å². The third-order valence-corrected chi connectivity index (χ3v) is 3.20. The van der Waals surface area contributed by atoms with Crippen molar-refractivity contribution in [1.29, 1.82) is 0 Å². The predicted molar refractivity (Wildman–Crippen MR) is 75.2 cm³/mol. The zero-order valence-electron chi connectivity index (χ0n) is 11.5. The highest BCUT2D eigenvalue weighted by molar-refractivity contribution is 5.87. The second-order valence-electron chi connectivity index (χ2n) is 4.77. The summed E-state index contributed by atoms with van der Waals surface area (Å²) in [5.74, 6) is -1.01. The molecule has 108 valence electrons. The lowest BCUT2D eigenvalue weighted by Gasteiger charge is -2.04. The Labute approximate surface area is 119 Å². The molecule has 2 heterocycles. The van der Waals surface area contributed by atoms with Crippen molar-refractivity contribution in [3.8, 4) is 22.5 Å². The molecule has 0 fully saturated rings. The largest absolute Gasteiger partial charge is 0.383 e. The molecule has 5 nitrogen and oxygen atoms in total. The molecule has 0 saturated carbocycles. The topological polar surface area (TPSA) is 61.7 Å². The summed E-state index contributed by atoms with van der Waals surface area (Å²) in [6, 6.07) is 5.03. The molecular weight excluding hydrogens is 276 g/mol. The van der Waals surface area contributed by atoms with E-state index in [2.05, 4.69) is 10.2 Å². The third kappa shape index (κ3) is 2.26. The smallest absolute Gasteiger partial charge is 0.129 e. The van der Waals surface area contributed by atoms with Crippen molar-refractivity contribution in [3.05, 3.63) is 42.1 Å². The molecular formula is C14H13F2N5. The Bertz CT molecular complexity index is 799. The number of anilines is 1. The fourth-order valence-electron chi connectivity index (χ4n) is 2.24. The first kappa shape index (κ1) is 13.3. The van der Waals surface area contributed by atoms with Crippen molar-refractivity contribution in [2.75, 3.05) is 5.73 Å². The SMILES string of the molecule is Cn1ccc(-c2nn(C)c(N)c2-c2cc(F)cc(F)c2)n1. The van der Waals surface area contributed by atoms with Gasteiger partial charge >= 0.3 is 0 Å². The fraction of sp³-hybridized carbons (Fsp3) is 0.143. The molecule has 2 N–H and O–H groups in total. The van der Waals surface area contributed by atoms with E-state index in [0.29, 0.717) is 28.3 Å². The summed E-state index contributed by atoms with van der Waals surface area (Å²) in [6.07, 6.45) is 1.76. The van der Waals surface area contributed by atoms with Crippen LogP contribution in [0.15, 0.2) is 30.5 Å². The second kappa shape index (κ2) is 4.69. The van der Waals surface area contributed by atoms with Gasteiger partial charge in [0, 0.05) is 26.4 Å². The van der Waals surface area contributed by atoms with Gasteiger partial charge in [-0.3, -0.25) is 9.36 Å². The van der Waals surface area contributed by atoms with Crippen LogP contribution in [0.4, 0.5) is 14.6 Å². The van der Waals surface area contributed by atoms with E-state index in [-0.39, 0.29) is 0 Å². The van der Waals surface area contributed by atoms with Crippen LogP contribution in [-0.4, -0.2) is 19.6 Å². The van der Waals surface area contributed by atoms with Crippen LogP contribution in [0.5, 0.6) is 0 Å². The van der Waals surface area contributed by atoms with E-state index in [1.807, 2.05) is 0 Å². The monoisotopic (exact) mass is 289 g/mol. The highest BCUT2D eigenvalue weighted by atomic mass is 19.1. The van der Waals surface area contributed by atoms with Crippen molar-refractivity contribution in [1.82, 2.24) is 19.6 Å². The lowest BCUT2D eigenvalue weighted by molar-refractivity contribution is 0.584. The molecule has 0 aliphatic rings. The maximum Gasteiger partial charge on any atom is 0.129 e. The standard InChI is InChI=1S/C14H13F2N5/c1-20-4-3-11(18-20)13-12(14(17)21(2)19-13)8-5-9(15)7-10(16)6-8/h3-7H,17H2,1-2H3. The number of aryl methyl sites for hydroxylation is 2. The molecule has 0 amide bonds. The minimum absolute atomic E-state index is 0.320. The first-order chi connectivity index (χ1) is 9.95. The summed E-state index contributed by atoms with van der Waals surface area (Å²) >= 11 is 0. The van der Waals surface area contributed by atoms with Gasteiger partial charge in [0.05, 0.1) is 5.56 Å². The zero-order valence-corrected chi connectivity index (χ0v) is 11.5. The molecule has 0 saturated heterocycles. The van der Waals surface area contributed by atoms with Gasteiger partial charge in [0.15, 0.2) is 0 Å². The van der Waals surface area contributed by atoms with Crippen molar-refractivity contribution in [2.24, 2.45) is 14.1 Å². The second-order valence-corrected chi connectivity index (χ2v) is 4.77. The highest BCUT2D eigenvalue weighted by Crippen LogP contribution is 2.35. The van der Waals surface area contributed by atoms with Crippen molar-refractivity contribution in [3.63, 3.8) is 0 Å². The molecule has 0 atom stereocenters. The van der Waals surface area contributed by atoms with E-state index in [1.54, 1.807) is 31.0 Å².